The van der Waals surface area contributed by atoms with E-state index in [0.29, 0.717) is 0 Å². The van der Waals surface area contributed by atoms with Crippen molar-refractivity contribution in [2.45, 2.75) is 6.10 Å². The Balaban J connectivity index is 2.92. The largest absolute Gasteiger partial charge is 0.479 e. The lowest BCUT2D eigenvalue weighted by Crippen LogP contribution is -2.13. The molecule has 11 heavy (non-hydrogen) atoms. The molecule has 1 atom stereocenters. The molecule has 0 aromatic carbocycles. The van der Waals surface area contributed by atoms with Crippen molar-refractivity contribution < 1.29 is 15.0 Å². The third kappa shape index (κ3) is 1.38. The zero-order valence-electron chi connectivity index (χ0n) is 5.93. The van der Waals surface area contributed by atoms with Crippen molar-refractivity contribution in [3.8, 4) is 0 Å². The van der Waals surface area contributed by atoms with Crippen molar-refractivity contribution in [2.75, 3.05) is 0 Å². The van der Waals surface area contributed by atoms with E-state index in [-0.39, 0.29) is 5.69 Å². The highest BCUT2D eigenvalue weighted by Crippen LogP contribution is 2.09. The first-order valence-electron chi connectivity index (χ1n) is 3.00. The fourth-order valence-electron chi connectivity index (χ4n) is 0.757. The summed E-state index contributed by atoms with van der Waals surface area (Å²) in [5.41, 5.74) is 0.275. The van der Waals surface area contributed by atoms with E-state index in [9.17, 15) is 4.79 Å². The topological polar surface area (TPSA) is 75.3 Å². The van der Waals surface area contributed by atoms with Crippen molar-refractivity contribution in [3.63, 3.8) is 0 Å². The molecular weight excluding hydrogens is 148 g/mol. The van der Waals surface area contributed by atoms with Crippen LogP contribution in [0.3, 0.4) is 0 Å². The summed E-state index contributed by atoms with van der Waals surface area (Å²) in [5.74, 6) is -1.27. The van der Waals surface area contributed by atoms with Gasteiger partial charge >= 0.3 is 5.97 Å². The van der Waals surface area contributed by atoms with Crippen LogP contribution in [0.2, 0.25) is 0 Å². The number of nitrogens with zero attached hydrogens (tertiary/aromatic N) is 2. The molecule has 5 heteroatoms. The predicted octanol–water partition coefficient (Wildman–Crippen LogP) is -0.462. The van der Waals surface area contributed by atoms with E-state index in [1.54, 1.807) is 7.05 Å². The zero-order valence-corrected chi connectivity index (χ0v) is 5.93. The van der Waals surface area contributed by atoms with Crippen LogP contribution in [0.15, 0.2) is 12.5 Å². The molecule has 0 fully saturated rings. The first-order chi connectivity index (χ1) is 5.13. The molecule has 0 saturated carbocycles. The van der Waals surface area contributed by atoms with Gasteiger partial charge in [-0.2, -0.15) is 0 Å². The van der Waals surface area contributed by atoms with E-state index in [1.165, 1.54) is 17.1 Å². The maximum atomic E-state index is 10.3. The van der Waals surface area contributed by atoms with E-state index in [0.717, 1.165) is 0 Å². The summed E-state index contributed by atoms with van der Waals surface area (Å²) < 4.78 is 1.46. The zero-order chi connectivity index (χ0) is 8.43. The van der Waals surface area contributed by atoms with Crippen LogP contribution in [0, 0.1) is 0 Å². The Kier molecular flexibility index (Phi) is 1.91. The van der Waals surface area contributed by atoms with Crippen molar-refractivity contribution >= 4 is 5.97 Å². The van der Waals surface area contributed by atoms with Gasteiger partial charge in [-0.05, 0) is 0 Å². The van der Waals surface area contributed by atoms with Gasteiger partial charge in [0.1, 0.15) is 0 Å². The number of hydrogen-bond acceptors (Lipinski definition) is 3. The molecule has 60 valence electrons. The summed E-state index contributed by atoms with van der Waals surface area (Å²) in [4.78, 5) is 13.9. The van der Waals surface area contributed by atoms with Crippen molar-refractivity contribution in [3.05, 3.63) is 18.2 Å². The third-order valence-electron chi connectivity index (χ3n) is 1.37. The van der Waals surface area contributed by atoms with Gasteiger partial charge in [-0.1, -0.05) is 0 Å². The monoisotopic (exact) mass is 156 g/mol. The number of aliphatic hydroxyl groups is 1. The van der Waals surface area contributed by atoms with Gasteiger partial charge in [-0.3, -0.25) is 0 Å². The SMILES string of the molecule is Cn1cncc1C(O)C(=O)O. The molecule has 0 aliphatic rings. The van der Waals surface area contributed by atoms with Crippen LogP contribution in [0.1, 0.15) is 11.8 Å². The maximum Gasteiger partial charge on any atom is 0.338 e. The highest BCUT2D eigenvalue weighted by atomic mass is 16.4. The lowest BCUT2D eigenvalue weighted by molar-refractivity contribution is -0.147. The van der Waals surface area contributed by atoms with E-state index in [4.69, 9.17) is 10.2 Å². The summed E-state index contributed by atoms with van der Waals surface area (Å²) in [7, 11) is 1.62. The summed E-state index contributed by atoms with van der Waals surface area (Å²) >= 11 is 0. The Labute approximate surface area is 62.9 Å². The number of rotatable bonds is 2. The van der Waals surface area contributed by atoms with Crippen LogP contribution in [0.5, 0.6) is 0 Å². The Morgan fingerprint density at radius 3 is 2.82 bits per heavy atom. The van der Waals surface area contributed by atoms with Crippen molar-refractivity contribution in [1.82, 2.24) is 9.55 Å². The average Bonchev–Trinajstić information content (AvgIpc) is 2.33. The summed E-state index contributed by atoms with van der Waals surface area (Å²) in [6.07, 6.45) is 1.27. The molecule has 2 N–H and O–H groups in total. The van der Waals surface area contributed by atoms with Gasteiger partial charge in [-0.25, -0.2) is 9.78 Å². The molecule has 0 radical (unpaired) electrons. The number of carbonyl (C=O) groups is 1. The molecule has 1 aromatic rings. The second-order valence-corrected chi connectivity index (χ2v) is 2.17. The molecule has 0 aliphatic carbocycles. The molecule has 0 saturated heterocycles. The Hall–Kier alpha value is -1.36. The number of carboxylic acids is 1. The fourth-order valence-corrected chi connectivity index (χ4v) is 0.757. The van der Waals surface area contributed by atoms with Crippen LogP contribution >= 0.6 is 0 Å². The lowest BCUT2D eigenvalue weighted by Gasteiger charge is -2.04. The number of hydrogen-bond donors (Lipinski definition) is 2. The third-order valence-corrected chi connectivity index (χ3v) is 1.37. The highest BCUT2D eigenvalue weighted by Gasteiger charge is 2.18. The molecule has 0 aliphatic heterocycles. The summed E-state index contributed by atoms with van der Waals surface area (Å²) in [6.45, 7) is 0. The van der Waals surface area contributed by atoms with E-state index in [1.807, 2.05) is 0 Å². The van der Waals surface area contributed by atoms with Crippen molar-refractivity contribution in [2.24, 2.45) is 7.05 Å². The number of aryl methyl sites for hydroxylation is 1. The molecule has 0 bridgehead atoms. The highest BCUT2D eigenvalue weighted by molar-refractivity contribution is 5.73. The Morgan fingerprint density at radius 2 is 2.45 bits per heavy atom. The number of carboxylic acid groups (broad SMARTS) is 1. The fraction of sp³-hybridized carbons (Fsp3) is 0.333. The summed E-state index contributed by atoms with van der Waals surface area (Å²) in [5, 5.41) is 17.4. The van der Waals surface area contributed by atoms with Gasteiger partial charge in [0.2, 0.25) is 0 Å². The number of aliphatic hydroxyl groups excluding tert-OH is 1. The van der Waals surface area contributed by atoms with Crippen LogP contribution in [0.4, 0.5) is 0 Å². The number of imidazole rings is 1. The molecule has 0 spiro atoms. The molecule has 0 amide bonds. The smallest absolute Gasteiger partial charge is 0.338 e. The molecule has 1 aromatic heterocycles. The standard InChI is InChI=1S/C6H8N2O3/c1-8-3-7-2-4(8)5(9)6(10)11/h2-3,5,9H,1H3,(H,10,11). The maximum absolute atomic E-state index is 10.3. The van der Waals surface area contributed by atoms with E-state index < -0.39 is 12.1 Å². The van der Waals surface area contributed by atoms with Crippen LogP contribution < -0.4 is 0 Å². The van der Waals surface area contributed by atoms with Crippen LogP contribution in [0.25, 0.3) is 0 Å². The van der Waals surface area contributed by atoms with E-state index in [2.05, 4.69) is 4.98 Å². The van der Waals surface area contributed by atoms with E-state index >= 15 is 0 Å². The minimum Gasteiger partial charge on any atom is -0.479 e. The minimum absolute atomic E-state index is 0.275. The van der Waals surface area contributed by atoms with Gasteiger partial charge in [0, 0.05) is 7.05 Å². The molecule has 1 unspecified atom stereocenters. The Bertz CT molecular complexity index is 269. The second-order valence-electron chi connectivity index (χ2n) is 2.17. The normalized spacial score (nSPS) is 12.9. The second kappa shape index (κ2) is 2.71. The summed E-state index contributed by atoms with van der Waals surface area (Å²) in [6, 6.07) is 0. The number of aromatic nitrogens is 2. The lowest BCUT2D eigenvalue weighted by atomic mass is 10.3. The molecule has 5 nitrogen and oxygen atoms in total. The van der Waals surface area contributed by atoms with Gasteiger partial charge in [0.15, 0.2) is 6.10 Å². The van der Waals surface area contributed by atoms with Crippen LogP contribution in [-0.4, -0.2) is 25.7 Å². The predicted molar refractivity (Wildman–Crippen MR) is 35.8 cm³/mol. The molecule has 1 heterocycles. The van der Waals surface area contributed by atoms with Gasteiger partial charge in [-0.15, -0.1) is 0 Å². The molecular formula is C6H8N2O3. The van der Waals surface area contributed by atoms with Gasteiger partial charge in [0.25, 0.3) is 0 Å². The van der Waals surface area contributed by atoms with Crippen molar-refractivity contribution in [1.29, 1.82) is 0 Å². The minimum atomic E-state index is -1.48. The quantitative estimate of drug-likeness (QED) is 0.607. The van der Waals surface area contributed by atoms with Gasteiger partial charge in [0.05, 0.1) is 18.2 Å². The average molecular weight is 156 g/mol. The molecule has 1 rings (SSSR count). The Morgan fingerprint density at radius 1 is 1.82 bits per heavy atom. The van der Waals surface area contributed by atoms with Gasteiger partial charge < -0.3 is 14.8 Å². The number of aliphatic carboxylic acids is 1. The first-order valence-corrected chi connectivity index (χ1v) is 3.00. The first kappa shape index (κ1) is 7.74. The van der Waals surface area contributed by atoms with Crippen LogP contribution in [-0.2, 0) is 11.8 Å².